The number of alkyl halides is 2. The standard InChI is InChI=1S/C19H36F2O2Si/c1-17(2)18(22)23-15-13-11-9-7-5-3-4-6-8-10-12-14-16-24-19(20)21/h19H,1,3-16,24H2,2H3. The van der Waals surface area contributed by atoms with Crippen molar-refractivity contribution in [2.24, 2.45) is 0 Å². The molecular weight excluding hydrogens is 326 g/mol. The van der Waals surface area contributed by atoms with E-state index in [2.05, 4.69) is 6.58 Å². The van der Waals surface area contributed by atoms with Crippen molar-refractivity contribution in [1.82, 2.24) is 0 Å². The zero-order valence-corrected chi connectivity index (χ0v) is 16.9. The molecule has 0 amide bonds. The summed E-state index contributed by atoms with van der Waals surface area (Å²) in [6, 6.07) is -1.18. The number of hydrogen-bond acceptors (Lipinski definition) is 2. The summed E-state index contributed by atoms with van der Waals surface area (Å²) >= 11 is 0. The lowest BCUT2D eigenvalue weighted by molar-refractivity contribution is -0.139. The Morgan fingerprint density at radius 1 is 0.875 bits per heavy atom. The highest BCUT2D eigenvalue weighted by molar-refractivity contribution is 6.36. The lowest BCUT2D eigenvalue weighted by atomic mass is 10.1. The van der Waals surface area contributed by atoms with Gasteiger partial charge in [0.1, 0.15) is 9.52 Å². The average Bonchev–Trinajstić information content (AvgIpc) is 2.53. The van der Waals surface area contributed by atoms with Crippen LogP contribution in [-0.4, -0.2) is 28.1 Å². The number of rotatable bonds is 17. The number of halogens is 2. The highest BCUT2D eigenvalue weighted by Gasteiger charge is 2.02. The van der Waals surface area contributed by atoms with Crippen LogP contribution in [-0.2, 0) is 9.53 Å². The van der Waals surface area contributed by atoms with Gasteiger partial charge in [0.05, 0.1) is 6.61 Å². The van der Waals surface area contributed by atoms with Crippen LogP contribution in [0.1, 0.15) is 84.0 Å². The first-order valence-corrected chi connectivity index (χ1v) is 11.5. The van der Waals surface area contributed by atoms with Gasteiger partial charge in [-0.25, -0.2) is 13.6 Å². The molecule has 0 rings (SSSR count). The van der Waals surface area contributed by atoms with Gasteiger partial charge in [-0.3, -0.25) is 0 Å². The quantitative estimate of drug-likeness (QED) is 0.146. The minimum Gasteiger partial charge on any atom is -0.462 e. The first-order valence-electron chi connectivity index (χ1n) is 9.65. The fourth-order valence-corrected chi connectivity index (χ4v) is 3.58. The van der Waals surface area contributed by atoms with Gasteiger partial charge in [0.2, 0.25) is 6.05 Å². The lowest BCUT2D eigenvalue weighted by Gasteiger charge is -2.05. The minimum atomic E-state index is -1.99. The fourth-order valence-electron chi connectivity index (χ4n) is 2.63. The van der Waals surface area contributed by atoms with E-state index >= 15 is 0 Å². The smallest absolute Gasteiger partial charge is 0.333 e. The summed E-state index contributed by atoms with van der Waals surface area (Å²) in [6.45, 7) is 5.72. The Bertz CT molecular complexity index is 322. The third kappa shape index (κ3) is 17.6. The number of hydrogen-bond donors (Lipinski definition) is 0. The molecule has 0 fully saturated rings. The zero-order chi connectivity index (χ0) is 18.0. The van der Waals surface area contributed by atoms with Gasteiger partial charge < -0.3 is 4.74 Å². The molecule has 2 nitrogen and oxygen atoms in total. The molecule has 0 spiro atoms. The second-order valence-electron chi connectivity index (χ2n) is 6.69. The summed E-state index contributed by atoms with van der Waals surface area (Å²) in [5, 5.41) is 0. The zero-order valence-electron chi connectivity index (χ0n) is 15.5. The van der Waals surface area contributed by atoms with Crippen molar-refractivity contribution in [2.75, 3.05) is 6.61 Å². The van der Waals surface area contributed by atoms with Gasteiger partial charge in [0.25, 0.3) is 0 Å². The molecule has 5 heteroatoms. The van der Waals surface area contributed by atoms with Crippen LogP contribution in [0.5, 0.6) is 0 Å². The number of ether oxygens (including phenoxy) is 1. The summed E-state index contributed by atoms with van der Waals surface area (Å²) in [7, 11) is -1.09. The molecule has 0 aliphatic rings. The van der Waals surface area contributed by atoms with Gasteiger partial charge in [-0.2, -0.15) is 0 Å². The Kier molecular flexibility index (Phi) is 16.6. The molecule has 0 aromatic heterocycles. The van der Waals surface area contributed by atoms with Crippen LogP contribution < -0.4 is 0 Å². The topological polar surface area (TPSA) is 26.3 Å². The summed E-state index contributed by atoms with van der Waals surface area (Å²) in [6.07, 6.45) is 14.3. The molecule has 0 bridgehead atoms. The molecule has 0 aromatic rings. The largest absolute Gasteiger partial charge is 0.462 e. The van der Waals surface area contributed by atoms with Crippen LogP contribution in [0.25, 0.3) is 0 Å². The van der Waals surface area contributed by atoms with Gasteiger partial charge in [-0.15, -0.1) is 0 Å². The van der Waals surface area contributed by atoms with Crippen LogP contribution >= 0.6 is 0 Å². The molecule has 24 heavy (non-hydrogen) atoms. The van der Waals surface area contributed by atoms with E-state index in [1.807, 2.05) is 0 Å². The predicted molar refractivity (Wildman–Crippen MR) is 101 cm³/mol. The average molecular weight is 363 g/mol. The van der Waals surface area contributed by atoms with Crippen molar-refractivity contribution in [3.8, 4) is 0 Å². The Morgan fingerprint density at radius 3 is 1.71 bits per heavy atom. The molecule has 0 atom stereocenters. The Morgan fingerprint density at radius 2 is 1.29 bits per heavy atom. The van der Waals surface area contributed by atoms with Crippen molar-refractivity contribution < 1.29 is 18.3 Å². The number of carbonyl (C=O) groups is 1. The normalized spacial score (nSPS) is 11.5. The molecular formula is C19H36F2O2Si. The predicted octanol–water partition coefficient (Wildman–Crippen LogP) is 5.60. The van der Waals surface area contributed by atoms with E-state index in [0.29, 0.717) is 12.2 Å². The van der Waals surface area contributed by atoms with Gasteiger partial charge >= 0.3 is 5.97 Å². The second-order valence-corrected chi connectivity index (χ2v) is 8.59. The lowest BCUT2D eigenvalue weighted by Crippen LogP contribution is -2.05. The van der Waals surface area contributed by atoms with E-state index < -0.39 is 15.6 Å². The first kappa shape index (κ1) is 23.3. The maximum Gasteiger partial charge on any atom is 0.333 e. The fraction of sp³-hybridized carbons (Fsp3) is 0.842. The van der Waals surface area contributed by atoms with E-state index in [-0.39, 0.29) is 5.97 Å². The van der Waals surface area contributed by atoms with E-state index in [1.54, 1.807) is 6.92 Å². The third-order valence-corrected chi connectivity index (χ3v) is 5.49. The summed E-state index contributed by atoms with van der Waals surface area (Å²) in [4.78, 5) is 11.2. The SMILES string of the molecule is C=C(C)C(=O)OCCCCCCCCCCCCCC[SiH2]C(F)F. The number of carbonyl (C=O) groups excluding carboxylic acids is 1. The van der Waals surface area contributed by atoms with E-state index in [4.69, 9.17) is 4.74 Å². The van der Waals surface area contributed by atoms with Crippen molar-refractivity contribution >= 4 is 15.5 Å². The molecule has 0 aromatic carbocycles. The van der Waals surface area contributed by atoms with E-state index in [0.717, 1.165) is 31.7 Å². The van der Waals surface area contributed by atoms with Crippen molar-refractivity contribution in [1.29, 1.82) is 0 Å². The molecule has 0 radical (unpaired) electrons. The molecule has 0 saturated heterocycles. The molecule has 142 valence electrons. The van der Waals surface area contributed by atoms with Crippen LogP contribution in [0, 0.1) is 0 Å². The Labute approximate surface area is 149 Å². The summed E-state index contributed by atoms with van der Waals surface area (Å²) < 4.78 is 29.0. The van der Waals surface area contributed by atoms with E-state index in [1.165, 1.54) is 51.4 Å². The number of unbranched alkanes of at least 4 members (excludes halogenated alkanes) is 11. The van der Waals surface area contributed by atoms with Gasteiger partial charge in [0.15, 0.2) is 0 Å². The minimum absolute atomic E-state index is 0.286. The van der Waals surface area contributed by atoms with Crippen molar-refractivity contribution in [2.45, 2.75) is 96.1 Å². The maximum absolute atomic E-state index is 12.0. The monoisotopic (exact) mass is 362 g/mol. The summed E-state index contributed by atoms with van der Waals surface area (Å²) in [5.41, 5.74) is 0.463. The highest BCUT2D eigenvalue weighted by Crippen LogP contribution is 2.13. The first-order chi connectivity index (χ1) is 11.5. The number of esters is 1. The van der Waals surface area contributed by atoms with Crippen LogP contribution in [0.4, 0.5) is 8.78 Å². The molecule has 0 heterocycles. The van der Waals surface area contributed by atoms with E-state index in [9.17, 15) is 13.6 Å². The molecule has 0 aliphatic heterocycles. The van der Waals surface area contributed by atoms with Gasteiger partial charge in [-0.05, 0) is 13.3 Å². The highest BCUT2D eigenvalue weighted by atomic mass is 28.2. The molecule has 0 unspecified atom stereocenters. The molecule has 0 N–H and O–H groups in total. The third-order valence-electron chi connectivity index (χ3n) is 4.15. The van der Waals surface area contributed by atoms with Gasteiger partial charge in [-0.1, -0.05) is 83.3 Å². The van der Waals surface area contributed by atoms with Crippen molar-refractivity contribution in [3.05, 3.63) is 12.2 Å². The molecule has 0 aliphatic carbocycles. The van der Waals surface area contributed by atoms with Crippen LogP contribution in [0.2, 0.25) is 6.04 Å². The summed E-state index contributed by atoms with van der Waals surface area (Å²) in [5.74, 6) is -0.286. The maximum atomic E-state index is 12.0. The van der Waals surface area contributed by atoms with Crippen LogP contribution in [0.3, 0.4) is 0 Å². The van der Waals surface area contributed by atoms with Gasteiger partial charge in [0, 0.05) is 5.57 Å². The molecule has 0 saturated carbocycles. The Hall–Kier alpha value is -0.713. The van der Waals surface area contributed by atoms with Crippen LogP contribution in [0.15, 0.2) is 12.2 Å². The Balaban J connectivity index is 3.08. The second kappa shape index (κ2) is 17.1. The van der Waals surface area contributed by atoms with Crippen molar-refractivity contribution in [3.63, 3.8) is 0 Å².